The maximum Gasteiger partial charge on any atom is 0.320 e. The average molecular weight is 282 g/mol. The van der Waals surface area contributed by atoms with Crippen LogP contribution in [0.25, 0.3) is 0 Å². The van der Waals surface area contributed by atoms with E-state index in [-0.39, 0.29) is 12.1 Å². The van der Waals surface area contributed by atoms with Gasteiger partial charge >= 0.3 is 12.0 Å². The third kappa shape index (κ3) is 3.07. The fraction of sp³-hybridized carbons (Fsp3) is 0.867. The number of carbonyl (C=O) groups is 2. The van der Waals surface area contributed by atoms with Gasteiger partial charge in [-0.25, -0.2) is 4.79 Å². The number of aliphatic carboxylic acids is 1. The Morgan fingerprint density at radius 3 is 2.50 bits per heavy atom. The topological polar surface area (TPSA) is 60.9 Å². The second-order valence-electron chi connectivity index (χ2n) is 6.62. The Bertz CT molecular complexity index is 385. The Labute approximate surface area is 120 Å². The highest BCUT2D eigenvalue weighted by Gasteiger charge is 2.36. The SMILES string of the molecule is CC1CC(C)C(C)N(C(=O)N2CCC[C@H](C(=O)O)C2)C1. The summed E-state index contributed by atoms with van der Waals surface area (Å²) >= 11 is 0. The number of hydrogen-bond donors (Lipinski definition) is 1. The largest absolute Gasteiger partial charge is 0.481 e. The summed E-state index contributed by atoms with van der Waals surface area (Å²) < 4.78 is 0. The van der Waals surface area contributed by atoms with Crippen LogP contribution in [0.15, 0.2) is 0 Å². The Hall–Kier alpha value is -1.26. The first-order valence-corrected chi connectivity index (χ1v) is 7.68. The van der Waals surface area contributed by atoms with Gasteiger partial charge in [0.05, 0.1) is 5.92 Å². The summed E-state index contributed by atoms with van der Waals surface area (Å²) in [4.78, 5) is 27.5. The summed E-state index contributed by atoms with van der Waals surface area (Å²) in [6.07, 6.45) is 2.63. The Balaban J connectivity index is 2.04. The molecule has 5 nitrogen and oxygen atoms in total. The molecule has 2 aliphatic rings. The summed E-state index contributed by atoms with van der Waals surface area (Å²) in [5.41, 5.74) is 0. The molecule has 2 aliphatic heterocycles. The third-order valence-electron chi connectivity index (χ3n) is 4.88. The van der Waals surface area contributed by atoms with Crippen molar-refractivity contribution in [2.75, 3.05) is 19.6 Å². The molecule has 20 heavy (non-hydrogen) atoms. The molecule has 2 saturated heterocycles. The Kier molecular flexibility index (Phi) is 4.55. The standard InChI is InChI=1S/C15H26N2O3/c1-10-7-11(2)12(3)17(8-10)15(20)16-6-4-5-13(9-16)14(18)19/h10-13H,4-9H2,1-3H3,(H,18,19)/t10?,11?,12?,13-/m0/s1. The minimum Gasteiger partial charge on any atom is -0.481 e. The maximum atomic E-state index is 12.7. The molecule has 2 fully saturated rings. The molecule has 4 atom stereocenters. The molecule has 114 valence electrons. The zero-order chi connectivity index (χ0) is 14.9. The van der Waals surface area contributed by atoms with E-state index in [1.165, 1.54) is 0 Å². The number of nitrogens with zero attached hydrogens (tertiary/aromatic N) is 2. The number of likely N-dealkylation sites (tertiary alicyclic amines) is 2. The lowest BCUT2D eigenvalue weighted by atomic mass is 9.86. The number of piperidine rings is 2. The van der Waals surface area contributed by atoms with Crippen molar-refractivity contribution in [2.45, 2.75) is 46.1 Å². The summed E-state index contributed by atoms with van der Waals surface area (Å²) in [6, 6.07) is 0.269. The first-order chi connectivity index (χ1) is 9.40. The van der Waals surface area contributed by atoms with Crippen LogP contribution in [0.5, 0.6) is 0 Å². The predicted octanol–water partition coefficient (Wildman–Crippen LogP) is 2.27. The Morgan fingerprint density at radius 2 is 1.85 bits per heavy atom. The minimum absolute atomic E-state index is 0.0295. The van der Waals surface area contributed by atoms with Crippen LogP contribution in [-0.4, -0.2) is 52.6 Å². The number of urea groups is 1. The second kappa shape index (κ2) is 6.02. The van der Waals surface area contributed by atoms with E-state index < -0.39 is 11.9 Å². The van der Waals surface area contributed by atoms with Crippen molar-refractivity contribution in [3.05, 3.63) is 0 Å². The summed E-state index contributed by atoms with van der Waals surface area (Å²) in [5.74, 6) is -0.161. The van der Waals surface area contributed by atoms with Crippen LogP contribution in [0.4, 0.5) is 4.79 Å². The van der Waals surface area contributed by atoms with Crippen molar-refractivity contribution in [1.82, 2.24) is 9.80 Å². The zero-order valence-corrected chi connectivity index (χ0v) is 12.7. The highest BCUT2D eigenvalue weighted by Crippen LogP contribution is 2.28. The molecular formula is C15H26N2O3. The van der Waals surface area contributed by atoms with Crippen molar-refractivity contribution in [3.63, 3.8) is 0 Å². The quantitative estimate of drug-likeness (QED) is 0.802. The molecule has 0 aromatic rings. The van der Waals surface area contributed by atoms with E-state index in [0.717, 1.165) is 19.4 Å². The molecule has 3 unspecified atom stereocenters. The first kappa shape index (κ1) is 15.1. The van der Waals surface area contributed by atoms with Crippen LogP contribution in [0.2, 0.25) is 0 Å². The van der Waals surface area contributed by atoms with Crippen molar-refractivity contribution >= 4 is 12.0 Å². The highest BCUT2D eigenvalue weighted by molar-refractivity contribution is 5.77. The van der Waals surface area contributed by atoms with E-state index in [0.29, 0.717) is 31.3 Å². The highest BCUT2D eigenvalue weighted by atomic mass is 16.4. The molecule has 2 rings (SSSR count). The molecular weight excluding hydrogens is 256 g/mol. The van der Waals surface area contributed by atoms with E-state index in [2.05, 4.69) is 20.8 Å². The molecule has 0 aliphatic carbocycles. The van der Waals surface area contributed by atoms with Gasteiger partial charge in [-0.2, -0.15) is 0 Å². The molecule has 0 aromatic carbocycles. The fourth-order valence-corrected chi connectivity index (χ4v) is 3.50. The van der Waals surface area contributed by atoms with Crippen LogP contribution in [0, 0.1) is 17.8 Å². The Morgan fingerprint density at radius 1 is 1.15 bits per heavy atom. The number of carboxylic acid groups (broad SMARTS) is 1. The molecule has 0 aromatic heterocycles. The summed E-state index contributed by atoms with van der Waals surface area (Å²) in [7, 11) is 0. The van der Waals surface area contributed by atoms with Crippen LogP contribution >= 0.6 is 0 Å². The van der Waals surface area contributed by atoms with Gasteiger partial charge < -0.3 is 14.9 Å². The van der Waals surface area contributed by atoms with Gasteiger partial charge in [0.15, 0.2) is 0 Å². The van der Waals surface area contributed by atoms with Crippen LogP contribution in [0.3, 0.4) is 0 Å². The van der Waals surface area contributed by atoms with E-state index in [4.69, 9.17) is 5.11 Å². The first-order valence-electron chi connectivity index (χ1n) is 7.68. The van der Waals surface area contributed by atoms with Gasteiger partial charge in [0, 0.05) is 25.7 Å². The van der Waals surface area contributed by atoms with Gasteiger partial charge in [0.25, 0.3) is 0 Å². The lowest BCUT2D eigenvalue weighted by molar-refractivity contribution is -0.143. The van der Waals surface area contributed by atoms with Gasteiger partial charge in [-0.05, 0) is 38.0 Å². The van der Waals surface area contributed by atoms with Crippen molar-refractivity contribution < 1.29 is 14.7 Å². The molecule has 2 heterocycles. The summed E-state index contributed by atoms with van der Waals surface area (Å²) in [5, 5.41) is 9.13. The van der Waals surface area contributed by atoms with Crippen molar-refractivity contribution in [2.24, 2.45) is 17.8 Å². The van der Waals surface area contributed by atoms with E-state index >= 15 is 0 Å². The second-order valence-corrected chi connectivity index (χ2v) is 6.62. The molecule has 0 radical (unpaired) electrons. The molecule has 2 amide bonds. The lowest BCUT2D eigenvalue weighted by Crippen LogP contribution is -2.55. The predicted molar refractivity (Wildman–Crippen MR) is 76.4 cm³/mol. The van der Waals surface area contributed by atoms with Crippen molar-refractivity contribution in [3.8, 4) is 0 Å². The van der Waals surface area contributed by atoms with E-state index in [1.54, 1.807) is 4.90 Å². The number of hydrogen-bond acceptors (Lipinski definition) is 2. The zero-order valence-electron chi connectivity index (χ0n) is 12.7. The number of rotatable bonds is 1. The molecule has 0 bridgehead atoms. The molecule has 1 N–H and O–H groups in total. The summed E-state index contributed by atoms with van der Waals surface area (Å²) in [6.45, 7) is 8.32. The van der Waals surface area contributed by atoms with Gasteiger partial charge in [-0.15, -0.1) is 0 Å². The third-order valence-corrected chi connectivity index (χ3v) is 4.88. The van der Waals surface area contributed by atoms with Gasteiger partial charge in [0.1, 0.15) is 0 Å². The molecule has 0 saturated carbocycles. The minimum atomic E-state index is -0.782. The fourth-order valence-electron chi connectivity index (χ4n) is 3.50. The average Bonchev–Trinajstić information content (AvgIpc) is 2.42. The van der Waals surface area contributed by atoms with E-state index in [9.17, 15) is 9.59 Å². The van der Waals surface area contributed by atoms with Gasteiger partial charge in [-0.3, -0.25) is 4.79 Å². The smallest absolute Gasteiger partial charge is 0.320 e. The maximum absolute atomic E-state index is 12.7. The van der Waals surface area contributed by atoms with E-state index in [1.807, 2.05) is 4.90 Å². The number of amides is 2. The molecule has 5 heteroatoms. The van der Waals surface area contributed by atoms with Crippen LogP contribution < -0.4 is 0 Å². The van der Waals surface area contributed by atoms with Crippen LogP contribution in [0.1, 0.15) is 40.0 Å². The monoisotopic (exact) mass is 282 g/mol. The number of carboxylic acids is 1. The number of carbonyl (C=O) groups excluding carboxylic acids is 1. The van der Waals surface area contributed by atoms with Gasteiger partial charge in [-0.1, -0.05) is 13.8 Å². The van der Waals surface area contributed by atoms with Crippen molar-refractivity contribution in [1.29, 1.82) is 0 Å². The van der Waals surface area contributed by atoms with Crippen LogP contribution in [-0.2, 0) is 4.79 Å². The van der Waals surface area contributed by atoms with Gasteiger partial charge in [0.2, 0.25) is 0 Å². The lowest BCUT2D eigenvalue weighted by Gasteiger charge is -2.44. The normalized spacial score (nSPS) is 35.0. The molecule has 0 spiro atoms.